The van der Waals surface area contributed by atoms with Crippen LogP contribution in [-0.4, -0.2) is 0 Å². The van der Waals surface area contributed by atoms with Gasteiger partial charge < -0.3 is 24.8 Å². The van der Waals surface area contributed by atoms with Crippen molar-refractivity contribution in [2.45, 2.75) is 29.3 Å². The first-order chi connectivity index (χ1) is 8.77. The molecule has 0 radical (unpaired) electrons. The predicted octanol–water partition coefficient (Wildman–Crippen LogP) is -1.34. The third-order valence-corrected chi connectivity index (χ3v) is 6.73. The minimum Gasteiger partial charge on any atom is -1.00 e. The summed E-state index contributed by atoms with van der Waals surface area (Å²) >= 11 is 1.69. The third kappa shape index (κ3) is 3.49. The number of hydrogen-bond donors (Lipinski definition) is 0. The van der Waals surface area contributed by atoms with Crippen LogP contribution in [0.5, 0.6) is 0 Å². The molecule has 1 aromatic carbocycles. The van der Waals surface area contributed by atoms with Crippen LogP contribution in [0.2, 0.25) is 3.63 Å². The number of halogens is 2. The summed E-state index contributed by atoms with van der Waals surface area (Å²) in [6, 6.07) is 11.1. The molecule has 0 spiro atoms. The molecule has 1 aromatic rings. The summed E-state index contributed by atoms with van der Waals surface area (Å²) in [5.41, 5.74) is 3.25. The van der Waals surface area contributed by atoms with Gasteiger partial charge in [-0.2, -0.15) is 0 Å². The first-order valence-electron chi connectivity index (χ1n) is 6.90. The van der Waals surface area contributed by atoms with Crippen LogP contribution < -0.4 is 24.8 Å². The molecule has 20 heavy (non-hydrogen) atoms. The summed E-state index contributed by atoms with van der Waals surface area (Å²) in [6.45, 7) is 2.43. The molecular formula is C17H19Cl2Zr. The quantitative estimate of drug-likeness (QED) is 0.561. The standard InChI is InChI=1S/C17H19.2ClH.Zr/c1-13-11-15-9-5-6-10-16(17(15)12-13)14-7-3-2-4-8-14;;;/h2-9,11,13,16-17H,10,12H2,1H3;2*1H;/q;;;+2/p-2. The van der Waals surface area contributed by atoms with Crippen LogP contribution in [0.4, 0.5) is 0 Å². The molecule has 3 heteroatoms. The van der Waals surface area contributed by atoms with E-state index in [9.17, 15) is 0 Å². The van der Waals surface area contributed by atoms with E-state index >= 15 is 0 Å². The van der Waals surface area contributed by atoms with Crippen molar-refractivity contribution in [3.8, 4) is 0 Å². The zero-order valence-electron chi connectivity index (χ0n) is 11.6. The smallest absolute Gasteiger partial charge is 1.00 e. The van der Waals surface area contributed by atoms with Crippen molar-refractivity contribution in [3.05, 3.63) is 59.7 Å². The van der Waals surface area contributed by atoms with Gasteiger partial charge in [0.15, 0.2) is 0 Å². The summed E-state index contributed by atoms with van der Waals surface area (Å²) in [5.74, 6) is 2.35. The van der Waals surface area contributed by atoms with E-state index in [0.717, 1.165) is 15.5 Å². The van der Waals surface area contributed by atoms with E-state index < -0.39 is 0 Å². The summed E-state index contributed by atoms with van der Waals surface area (Å²) < 4.78 is 0.844. The van der Waals surface area contributed by atoms with E-state index in [1.165, 1.54) is 18.4 Å². The fraction of sp³-hybridized carbons (Fsp3) is 0.412. The number of fused-ring (bicyclic) bond motifs is 1. The number of hydrogen-bond acceptors (Lipinski definition) is 0. The molecule has 2 aliphatic carbocycles. The second-order valence-corrected chi connectivity index (χ2v) is 7.17. The summed E-state index contributed by atoms with van der Waals surface area (Å²) in [5, 5.41) is 0. The molecule has 0 aromatic heterocycles. The van der Waals surface area contributed by atoms with Gasteiger partial charge in [-0.25, -0.2) is 0 Å². The van der Waals surface area contributed by atoms with Crippen LogP contribution in [0, 0.1) is 11.8 Å². The molecule has 3 rings (SSSR count). The maximum atomic E-state index is 2.43. The van der Waals surface area contributed by atoms with Gasteiger partial charge in [0.25, 0.3) is 0 Å². The minimum atomic E-state index is 0. The Morgan fingerprint density at radius 2 is 1.75 bits per heavy atom. The van der Waals surface area contributed by atoms with Gasteiger partial charge in [0.2, 0.25) is 0 Å². The topological polar surface area (TPSA) is 0 Å². The van der Waals surface area contributed by atoms with Crippen LogP contribution in [0.15, 0.2) is 54.1 Å². The van der Waals surface area contributed by atoms with Gasteiger partial charge in [0.1, 0.15) is 0 Å². The van der Waals surface area contributed by atoms with Crippen LogP contribution in [0.3, 0.4) is 0 Å². The Kier molecular flexibility index (Phi) is 7.26. The molecule has 4 atom stereocenters. The monoisotopic (exact) mass is 383 g/mol. The Morgan fingerprint density at radius 1 is 1.05 bits per heavy atom. The molecule has 105 valence electrons. The van der Waals surface area contributed by atoms with Crippen molar-refractivity contribution in [1.82, 2.24) is 0 Å². The van der Waals surface area contributed by atoms with Crippen molar-refractivity contribution in [2.75, 3.05) is 0 Å². The van der Waals surface area contributed by atoms with Crippen molar-refractivity contribution in [3.63, 3.8) is 0 Å². The van der Waals surface area contributed by atoms with E-state index in [0.29, 0.717) is 5.92 Å². The van der Waals surface area contributed by atoms with Crippen molar-refractivity contribution in [1.29, 1.82) is 0 Å². The molecule has 1 saturated carbocycles. The van der Waals surface area contributed by atoms with Gasteiger partial charge in [0.05, 0.1) is 0 Å². The SMILES string of the molecule is CC1CC2C(=CC=CCC2c2ccccc2)[CH]1[Zr+2].[Cl-].[Cl-]. The van der Waals surface area contributed by atoms with Crippen LogP contribution in [-0.2, 0) is 24.7 Å². The maximum Gasteiger partial charge on any atom is -1.00 e. The average molecular weight is 385 g/mol. The Morgan fingerprint density at radius 3 is 2.45 bits per heavy atom. The van der Waals surface area contributed by atoms with Gasteiger partial charge in [-0.15, -0.1) is 0 Å². The second kappa shape index (κ2) is 7.97. The van der Waals surface area contributed by atoms with E-state index in [-0.39, 0.29) is 24.8 Å². The largest absolute Gasteiger partial charge is 1.00 e. The molecule has 0 aliphatic heterocycles. The molecule has 0 bridgehead atoms. The molecule has 0 saturated heterocycles. The first kappa shape index (κ1) is 18.2. The molecule has 0 amide bonds. The molecule has 1 fully saturated rings. The zero-order chi connectivity index (χ0) is 12.5. The summed E-state index contributed by atoms with van der Waals surface area (Å²) in [7, 11) is 0. The molecule has 0 heterocycles. The number of benzene rings is 1. The van der Waals surface area contributed by atoms with Gasteiger partial charge in [-0.1, -0.05) is 0 Å². The van der Waals surface area contributed by atoms with Crippen molar-refractivity contribution < 1.29 is 49.5 Å². The van der Waals surface area contributed by atoms with Crippen LogP contribution >= 0.6 is 0 Å². The van der Waals surface area contributed by atoms with Crippen molar-refractivity contribution in [2.24, 2.45) is 11.8 Å². The Labute approximate surface area is 149 Å². The Bertz CT molecular complexity index is 481. The third-order valence-electron chi connectivity index (χ3n) is 4.51. The van der Waals surface area contributed by atoms with E-state index in [4.69, 9.17) is 0 Å². The second-order valence-electron chi connectivity index (χ2n) is 5.64. The summed E-state index contributed by atoms with van der Waals surface area (Å²) in [4.78, 5) is 0. The van der Waals surface area contributed by atoms with Crippen molar-refractivity contribution >= 4 is 0 Å². The van der Waals surface area contributed by atoms with Gasteiger partial charge in [0, 0.05) is 0 Å². The van der Waals surface area contributed by atoms with E-state index in [2.05, 4.69) is 55.5 Å². The van der Waals surface area contributed by atoms with Gasteiger partial charge in [-0.3, -0.25) is 0 Å². The normalized spacial score (nSPS) is 31.4. The van der Waals surface area contributed by atoms with E-state index in [1.54, 1.807) is 30.3 Å². The van der Waals surface area contributed by atoms with Gasteiger partial charge in [-0.05, 0) is 0 Å². The van der Waals surface area contributed by atoms with E-state index in [1.807, 2.05) is 0 Å². The number of allylic oxidation sites excluding steroid dienone is 4. The zero-order valence-corrected chi connectivity index (χ0v) is 15.6. The molecule has 2 aliphatic rings. The van der Waals surface area contributed by atoms with Crippen LogP contribution in [0.1, 0.15) is 31.2 Å². The fourth-order valence-electron chi connectivity index (χ4n) is 3.49. The first-order valence-corrected chi connectivity index (χ1v) is 8.32. The maximum absolute atomic E-state index is 2.43. The molecule has 4 unspecified atom stereocenters. The van der Waals surface area contributed by atoms with Gasteiger partial charge >= 0.3 is 126 Å². The summed E-state index contributed by atoms with van der Waals surface area (Å²) in [6.07, 6.45) is 9.64. The molecular weight excluding hydrogens is 366 g/mol. The molecule has 0 N–H and O–H groups in total. The van der Waals surface area contributed by atoms with Crippen LogP contribution in [0.25, 0.3) is 0 Å². The number of rotatable bonds is 1. The Hall–Kier alpha value is 0.163. The predicted molar refractivity (Wildman–Crippen MR) is 72.0 cm³/mol. The fourth-order valence-corrected chi connectivity index (χ4v) is 4.59. The average Bonchev–Trinajstić information content (AvgIpc) is 2.58. The molecule has 0 nitrogen and oxygen atoms in total. The Balaban J connectivity index is 0.000001000. The minimum absolute atomic E-state index is 0.